The highest BCUT2D eigenvalue weighted by atomic mass is 35.5. The summed E-state index contributed by atoms with van der Waals surface area (Å²) in [5.74, 6) is -4.31. The van der Waals surface area contributed by atoms with Gasteiger partial charge in [0.1, 0.15) is 0 Å². The van der Waals surface area contributed by atoms with E-state index in [1.165, 1.54) is 0 Å². The molecule has 0 saturated heterocycles. The molecule has 1 rings (SSSR count). The molecule has 3 nitrogen and oxygen atoms in total. The third kappa shape index (κ3) is 4.72. The van der Waals surface area contributed by atoms with Crippen LogP contribution in [0.3, 0.4) is 0 Å². The molecule has 2 atom stereocenters. The molecule has 7 heteroatoms. The molecule has 0 aliphatic heterocycles. The average Bonchev–Trinajstić information content (AvgIpc) is 2.26. The van der Waals surface area contributed by atoms with Gasteiger partial charge in [0.2, 0.25) is 0 Å². The van der Waals surface area contributed by atoms with Gasteiger partial charge in [0.25, 0.3) is 0 Å². The number of alkyl halides is 3. The van der Waals surface area contributed by atoms with Crippen LogP contribution in [-0.4, -0.2) is 23.8 Å². The number of hydrogen-bond acceptors (Lipinski definition) is 2. The van der Waals surface area contributed by atoms with Gasteiger partial charge in [-0.05, 0) is 24.6 Å². The molecule has 1 aromatic carbocycles. The van der Waals surface area contributed by atoms with Crippen molar-refractivity contribution in [3.8, 4) is 0 Å². The monoisotopic (exact) mass is 295 g/mol. The summed E-state index contributed by atoms with van der Waals surface area (Å²) in [6.45, 7) is 0.952. The Hall–Kier alpha value is -1.27. The van der Waals surface area contributed by atoms with Crippen LogP contribution in [0.4, 0.5) is 13.2 Å². The lowest BCUT2D eigenvalue weighted by molar-refractivity contribution is -0.192. The van der Waals surface area contributed by atoms with Crippen LogP contribution in [0.15, 0.2) is 24.3 Å². The Kier molecular flexibility index (Phi) is 5.20. The number of carboxylic acid groups (broad SMARTS) is 1. The Bertz CT molecular complexity index is 451. The molecule has 1 unspecified atom stereocenters. The van der Waals surface area contributed by atoms with E-state index in [2.05, 4.69) is 5.32 Å². The first kappa shape index (κ1) is 15.8. The normalized spacial score (nSPS) is 15.0. The molecule has 0 bridgehead atoms. The van der Waals surface area contributed by atoms with Gasteiger partial charge in [-0.15, -0.1) is 0 Å². The summed E-state index contributed by atoms with van der Waals surface area (Å²) < 4.78 is 37.3. The number of halogens is 4. The summed E-state index contributed by atoms with van der Waals surface area (Å²) in [6.07, 6.45) is -4.77. The fourth-order valence-corrected chi connectivity index (χ4v) is 1.73. The minimum Gasteiger partial charge on any atom is -0.481 e. The lowest BCUT2D eigenvalue weighted by Gasteiger charge is -2.20. The van der Waals surface area contributed by atoms with Gasteiger partial charge < -0.3 is 10.4 Å². The number of hydrogen-bond donors (Lipinski definition) is 2. The van der Waals surface area contributed by atoms with Crippen molar-refractivity contribution in [1.29, 1.82) is 0 Å². The van der Waals surface area contributed by atoms with E-state index in [0.717, 1.165) is 0 Å². The highest BCUT2D eigenvalue weighted by molar-refractivity contribution is 6.30. The molecule has 0 fully saturated rings. The maximum absolute atomic E-state index is 12.4. The largest absolute Gasteiger partial charge is 0.481 e. The van der Waals surface area contributed by atoms with Gasteiger partial charge in [-0.2, -0.15) is 13.2 Å². The van der Waals surface area contributed by atoms with Crippen molar-refractivity contribution >= 4 is 17.6 Å². The zero-order chi connectivity index (χ0) is 14.6. The van der Waals surface area contributed by atoms with Crippen molar-refractivity contribution in [2.45, 2.75) is 19.1 Å². The van der Waals surface area contributed by atoms with Gasteiger partial charge in [-0.1, -0.05) is 23.7 Å². The summed E-state index contributed by atoms with van der Waals surface area (Å²) in [7, 11) is 0. The Morgan fingerprint density at radius 1 is 1.47 bits per heavy atom. The lowest BCUT2D eigenvalue weighted by atomic mass is 10.1. The van der Waals surface area contributed by atoms with E-state index >= 15 is 0 Å². The Morgan fingerprint density at radius 3 is 2.58 bits per heavy atom. The van der Waals surface area contributed by atoms with Crippen LogP contribution in [0.25, 0.3) is 0 Å². The van der Waals surface area contributed by atoms with Crippen LogP contribution in [-0.2, 0) is 4.79 Å². The highest BCUT2D eigenvalue weighted by Crippen LogP contribution is 2.27. The summed E-state index contributed by atoms with van der Waals surface area (Å²) >= 11 is 5.77. The highest BCUT2D eigenvalue weighted by Gasteiger charge is 2.44. The van der Waals surface area contributed by atoms with E-state index in [4.69, 9.17) is 16.7 Å². The van der Waals surface area contributed by atoms with Gasteiger partial charge in [0, 0.05) is 17.6 Å². The van der Waals surface area contributed by atoms with Gasteiger partial charge in [-0.25, -0.2) is 0 Å². The van der Waals surface area contributed by atoms with Crippen molar-refractivity contribution in [3.63, 3.8) is 0 Å². The standard InChI is InChI=1S/C12H13ClF3NO2/c1-7(8-3-2-4-9(13)5-8)17-6-10(11(18)19)12(14,15)16/h2-5,7,10,17H,6H2,1H3,(H,18,19)/t7-,10?/m1/s1. The number of carbonyl (C=O) groups is 1. The second-order valence-electron chi connectivity index (χ2n) is 4.12. The SMILES string of the molecule is C[C@@H](NCC(C(=O)O)C(F)(F)F)c1cccc(Cl)c1. The summed E-state index contributed by atoms with van der Waals surface area (Å²) in [6, 6.07) is 6.21. The first-order valence-electron chi connectivity index (χ1n) is 5.50. The van der Waals surface area contributed by atoms with Crippen molar-refractivity contribution in [1.82, 2.24) is 5.32 Å². The average molecular weight is 296 g/mol. The first-order valence-corrected chi connectivity index (χ1v) is 5.88. The molecular formula is C12H13ClF3NO2. The van der Waals surface area contributed by atoms with E-state index < -0.39 is 30.7 Å². The molecule has 106 valence electrons. The molecule has 2 N–H and O–H groups in total. The van der Waals surface area contributed by atoms with Crippen LogP contribution in [0.2, 0.25) is 5.02 Å². The lowest BCUT2D eigenvalue weighted by Crippen LogP contribution is -2.39. The van der Waals surface area contributed by atoms with Gasteiger partial charge in [0.15, 0.2) is 5.92 Å². The predicted octanol–water partition coefficient (Wildman–Crippen LogP) is 3.25. The van der Waals surface area contributed by atoms with Crippen LogP contribution in [0.1, 0.15) is 18.5 Å². The molecule has 0 aliphatic rings. The number of aliphatic carboxylic acids is 1. The van der Waals surface area contributed by atoms with Crippen molar-refractivity contribution in [2.24, 2.45) is 5.92 Å². The van der Waals surface area contributed by atoms with Gasteiger partial charge in [0.05, 0.1) is 0 Å². The van der Waals surface area contributed by atoms with E-state index in [0.29, 0.717) is 10.6 Å². The molecule has 0 spiro atoms. The second kappa shape index (κ2) is 6.25. The van der Waals surface area contributed by atoms with E-state index in [1.54, 1.807) is 31.2 Å². The minimum absolute atomic E-state index is 0.428. The van der Waals surface area contributed by atoms with Crippen molar-refractivity contribution in [3.05, 3.63) is 34.9 Å². The minimum atomic E-state index is -4.77. The van der Waals surface area contributed by atoms with Crippen LogP contribution in [0.5, 0.6) is 0 Å². The smallest absolute Gasteiger partial charge is 0.403 e. The summed E-state index contributed by atoms with van der Waals surface area (Å²) in [5, 5.41) is 11.6. The number of benzene rings is 1. The molecule has 19 heavy (non-hydrogen) atoms. The topological polar surface area (TPSA) is 49.3 Å². The molecular weight excluding hydrogens is 283 g/mol. The number of nitrogens with one attached hydrogen (secondary N) is 1. The summed E-state index contributed by atoms with van der Waals surface area (Å²) in [5.41, 5.74) is 0.693. The second-order valence-corrected chi connectivity index (χ2v) is 4.55. The maximum atomic E-state index is 12.4. The zero-order valence-corrected chi connectivity index (χ0v) is 10.8. The Labute approximate surface area is 113 Å². The fourth-order valence-electron chi connectivity index (χ4n) is 1.53. The fraction of sp³-hybridized carbons (Fsp3) is 0.417. The van der Waals surface area contributed by atoms with Crippen LogP contribution >= 0.6 is 11.6 Å². The molecule has 0 saturated carbocycles. The molecule has 0 aromatic heterocycles. The van der Waals surface area contributed by atoms with E-state index in [-0.39, 0.29) is 0 Å². The quantitative estimate of drug-likeness (QED) is 0.876. The summed E-state index contributed by atoms with van der Waals surface area (Å²) in [4.78, 5) is 10.6. The van der Waals surface area contributed by atoms with E-state index in [9.17, 15) is 18.0 Å². The number of carboxylic acids is 1. The van der Waals surface area contributed by atoms with Crippen LogP contribution < -0.4 is 5.32 Å². The van der Waals surface area contributed by atoms with Gasteiger partial charge >= 0.3 is 12.1 Å². The van der Waals surface area contributed by atoms with Crippen molar-refractivity contribution in [2.75, 3.05) is 6.54 Å². The number of rotatable bonds is 5. The molecule has 0 heterocycles. The van der Waals surface area contributed by atoms with Crippen molar-refractivity contribution < 1.29 is 23.1 Å². The molecule has 0 amide bonds. The van der Waals surface area contributed by atoms with Crippen LogP contribution in [0, 0.1) is 5.92 Å². The molecule has 0 radical (unpaired) electrons. The molecule has 1 aromatic rings. The first-order chi connectivity index (χ1) is 8.71. The Morgan fingerprint density at radius 2 is 2.11 bits per heavy atom. The zero-order valence-electron chi connectivity index (χ0n) is 10.0. The predicted molar refractivity (Wildman–Crippen MR) is 65.1 cm³/mol. The molecule has 0 aliphatic carbocycles. The third-order valence-electron chi connectivity index (χ3n) is 2.67. The third-order valence-corrected chi connectivity index (χ3v) is 2.91. The maximum Gasteiger partial charge on any atom is 0.403 e. The Balaban J connectivity index is 2.67. The van der Waals surface area contributed by atoms with Gasteiger partial charge in [-0.3, -0.25) is 4.79 Å². The van der Waals surface area contributed by atoms with E-state index in [1.807, 2.05) is 0 Å².